The summed E-state index contributed by atoms with van der Waals surface area (Å²) >= 11 is 5.11. The third-order valence-electron chi connectivity index (χ3n) is 1.78. The predicted octanol–water partition coefficient (Wildman–Crippen LogP) is 3.17. The number of nitrogens with zero attached hydrogens (tertiary/aromatic N) is 1. The van der Waals surface area contributed by atoms with Gasteiger partial charge in [-0.15, -0.1) is 0 Å². The first kappa shape index (κ1) is 12.6. The molecule has 4 nitrogen and oxygen atoms in total. The highest BCUT2D eigenvalue weighted by atomic mass is 127. The Morgan fingerprint density at radius 3 is 2.73 bits per heavy atom. The Bertz CT molecular complexity index is 408. The number of benzene rings is 1. The Balaban J connectivity index is 3.17. The van der Waals surface area contributed by atoms with Gasteiger partial charge in [0.25, 0.3) is 5.69 Å². The molecule has 0 fully saturated rings. The molecule has 80 valence electrons. The summed E-state index contributed by atoms with van der Waals surface area (Å²) in [6.07, 6.45) is 0.265. The van der Waals surface area contributed by atoms with Crippen molar-refractivity contribution in [3.63, 3.8) is 0 Å². The van der Waals surface area contributed by atoms with Gasteiger partial charge in [-0.2, -0.15) is 0 Å². The number of halogens is 2. The maximum Gasteiger partial charge on any atom is 0.281 e. The van der Waals surface area contributed by atoms with Gasteiger partial charge in [-0.05, 0) is 34.7 Å². The second-order valence-electron chi connectivity index (χ2n) is 2.78. The summed E-state index contributed by atoms with van der Waals surface area (Å²) in [5.41, 5.74) is 0.0627. The van der Waals surface area contributed by atoms with Crippen molar-refractivity contribution in [2.24, 2.45) is 0 Å². The van der Waals surface area contributed by atoms with Crippen molar-refractivity contribution in [3.8, 4) is 0 Å². The van der Waals surface area contributed by atoms with Gasteiger partial charge in [0.2, 0.25) is 0 Å². The van der Waals surface area contributed by atoms with Crippen LogP contribution in [-0.2, 0) is 0 Å². The lowest BCUT2D eigenvalue weighted by Gasteiger charge is -2.01. The van der Waals surface area contributed by atoms with Gasteiger partial charge in [-0.3, -0.25) is 14.9 Å². The van der Waals surface area contributed by atoms with Gasteiger partial charge < -0.3 is 0 Å². The molecule has 0 N–H and O–H groups in total. The Labute approximate surface area is 108 Å². The van der Waals surface area contributed by atoms with Gasteiger partial charge in [0.05, 0.1) is 10.5 Å². The third-order valence-corrected chi connectivity index (χ3v) is 2.85. The average Bonchev–Trinajstić information content (AvgIpc) is 2.17. The topological polar surface area (TPSA) is 60.2 Å². The molecule has 15 heavy (non-hydrogen) atoms. The molecule has 0 spiro atoms. The van der Waals surface area contributed by atoms with E-state index in [0.717, 1.165) is 3.57 Å². The normalized spacial score (nSPS) is 10.0. The van der Waals surface area contributed by atoms with Gasteiger partial charge >= 0.3 is 0 Å². The van der Waals surface area contributed by atoms with Crippen molar-refractivity contribution < 1.29 is 9.72 Å². The number of nitro benzene ring substituents is 1. The number of Topliss-reactive ketones (excluding diaryl/α,β-unsaturated/α-hetero) is 1. The van der Waals surface area contributed by atoms with Gasteiger partial charge in [0.1, 0.15) is 0 Å². The standard InChI is InChI=1S/C9H7BrINO3/c10-4-3-9(13)7-2-1-6(11)5-8(7)12(14)15/h1-2,5H,3-4H2. The molecule has 0 aliphatic carbocycles. The van der Waals surface area contributed by atoms with E-state index in [9.17, 15) is 14.9 Å². The summed E-state index contributed by atoms with van der Waals surface area (Å²) < 4.78 is 0.745. The van der Waals surface area contributed by atoms with E-state index in [4.69, 9.17) is 0 Å². The van der Waals surface area contributed by atoms with Gasteiger partial charge in [-0.25, -0.2) is 0 Å². The number of carbonyl (C=O) groups is 1. The molecule has 0 radical (unpaired) electrons. The van der Waals surface area contributed by atoms with Crippen LogP contribution in [0.3, 0.4) is 0 Å². The zero-order valence-electron chi connectivity index (χ0n) is 7.57. The van der Waals surface area contributed by atoms with Crippen molar-refractivity contribution in [3.05, 3.63) is 37.4 Å². The maximum atomic E-state index is 11.5. The molecule has 0 amide bonds. The Hall–Kier alpha value is -0.500. The van der Waals surface area contributed by atoms with Crippen LogP contribution < -0.4 is 0 Å². The lowest BCUT2D eigenvalue weighted by Crippen LogP contribution is -2.04. The van der Waals surface area contributed by atoms with E-state index in [1.807, 2.05) is 22.6 Å². The van der Waals surface area contributed by atoms with Crippen LogP contribution in [0.2, 0.25) is 0 Å². The molecule has 0 aliphatic heterocycles. The molecule has 0 heterocycles. The molecule has 0 unspecified atom stereocenters. The van der Waals surface area contributed by atoms with E-state index in [-0.39, 0.29) is 23.5 Å². The molecule has 1 aromatic rings. The smallest absolute Gasteiger partial charge is 0.281 e. The number of alkyl halides is 1. The van der Waals surface area contributed by atoms with Crippen LogP contribution in [-0.4, -0.2) is 16.0 Å². The molecule has 0 aliphatic rings. The first-order valence-electron chi connectivity index (χ1n) is 4.09. The second kappa shape index (κ2) is 5.55. The molecule has 6 heteroatoms. The summed E-state index contributed by atoms with van der Waals surface area (Å²) in [6, 6.07) is 4.60. The third kappa shape index (κ3) is 3.23. The molecular weight excluding hydrogens is 377 g/mol. The minimum Gasteiger partial charge on any atom is -0.294 e. The van der Waals surface area contributed by atoms with E-state index < -0.39 is 4.92 Å². The van der Waals surface area contributed by atoms with Crippen molar-refractivity contribution in [1.29, 1.82) is 0 Å². The highest BCUT2D eigenvalue weighted by Gasteiger charge is 2.19. The molecule has 1 aromatic carbocycles. The number of nitro groups is 1. The number of carbonyl (C=O) groups excluding carboxylic acids is 1. The quantitative estimate of drug-likeness (QED) is 0.264. The van der Waals surface area contributed by atoms with Gasteiger partial charge in [0.15, 0.2) is 5.78 Å². The Kier molecular flexibility index (Phi) is 4.65. The SMILES string of the molecule is O=C(CCBr)c1ccc(I)cc1[N+](=O)[O-]. The predicted molar refractivity (Wildman–Crippen MR) is 68.6 cm³/mol. The van der Waals surface area contributed by atoms with Gasteiger partial charge in [-0.1, -0.05) is 15.9 Å². The Morgan fingerprint density at radius 1 is 1.53 bits per heavy atom. The molecular formula is C9H7BrINO3. The van der Waals surface area contributed by atoms with Crippen LogP contribution in [0.1, 0.15) is 16.8 Å². The molecule has 1 rings (SSSR count). The summed E-state index contributed by atoms with van der Waals surface area (Å²) in [5, 5.41) is 11.2. The molecule has 0 bridgehead atoms. The van der Waals surface area contributed by atoms with E-state index in [1.165, 1.54) is 12.1 Å². The number of ketones is 1. The zero-order valence-corrected chi connectivity index (χ0v) is 11.3. The zero-order chi connectivity index (χ0) is 11.4. The molecule has 0 atom stereocenters. The fourth-order valence-electron chi connectivity index (χ4n) is 1.11. The summed E-state index contributed by atoms with van der Waals surface area (Å²) in [4.78, 5) is 21.7. The van der Waals surface area contributed by atoms with Crippen LogP contribution in [0.15, 0.2) is 18.2 Å². The highest BCUT2D eigenvalue weighted by molar-refractivity contribution is 14.1. The van der Waals surface area contributed by atoms with E-state index in [2.05, 4.69) is 15.9 Å². The van der Waals surface area contributed by atoms with E-state index in [1.54, 1.807) is 6.07 Å². The van der Waals surface area contributed by atoms with Crippen LogP contribution >= 0.6 is 38.5 Å². The minimum atomic E-state index is -0.524. The van der Waals surface area contributed by atoms with E-state index in [0.29, 0.717) is 5.33 Å². The Morgan fingerprint density at radius 2 is 2.20 bits per heavy atom. The number of hydrogen-bond donors (Lipinski definition) is 0. The average molecular weight is 384 g/mol. The highest BCUT2D eigenvalue weighted by Crippen LogP contribution is 2.22. The van der Waals surface area contributed by atoms with Crippen molar-refractivity contribution in [2.45, 2.75) is 6.42 Å². The molecule has 0 aromatic heterocycles. The first-order valence-corrected chi connectivity index (χ1v) is 6.29. The van der Waals surface area contributed by atoms with Crippen molar-refractivity contribution in [2.75, 3.05) is 5.33 Å². The van der Waals surface area contributed by atoms with Crippen LogP contribution in [0.4, 0.5) is 5.69 Å². The maximum absolute atomic E-state index is 11.5. The second-order valence-corrected chi connectivity index (χ2v) is 4.82. The summed E-state index contributed by atoms with van der Waals surface area (Å²) in [5.74, 6) is -0.213. The molecule has 0 saturated carbocycles. The monoisotopic (exact) mass is 383 g/mol. The van der Waals surface area contributed by atoms with Crippen LogP contribution in [0.25, 0.3) is 0 Å². The van der Waals surface area contributed by atoms with Gasteiger partial charge in [0, 0.05) is 21.4 Å². The fraction of sp³-hybridized carbons (Fsp3) is 0.222. The molecule has 0 saturated heterocycles. The van der Waals surface area contributed by atoms with Crippen molar-refractivity contribution in [1.82, 2.24) is 0 Å². The fourth-order valence-corrected chi connectivity index (χ4v) is 1.95. The minimum absolute atomic E-state index is 0.118. The lowest BCUT2D eigenvalue weighted by molar-refractivity contribution is -0.385. The largest absolute Gasteiger partial charge is 0.294 e. The van der Waals surface area contributed by atoms with Crippen LogP contribution in [0, 0.1) is 13.7 Å². The van der Waals surface area contributed by atoms with Crippen LogP contribution in [0.5, 0.6) is 0 Å². The summed E-state index contributed by atoms with van der Waals surface area (Å²) in [6.45, 7) is 0. The number of hydrogen-bond acceptors (Lipinski definition) is 3. The van der Waals surface area contributed by atoms with E-state index >= 15 is 0 Å². The van der Waals surface area contributed by atoms with Crippen molar-refractivity contribution >= 4 is 50.0 Å². The summed E-state index contributed by atoms with van der Waals surface area (Å²) in [7, 11) is 0. The lowest BCUT2D eigenvalue weighted by atomic mass is 10.1. The first-order chi connectivity index (χ1) is 7.06. The number of rotatable bonds is 4.